The van der Waals surface area contributed by atoms with Crippen LogP contribution in [0.3, 0.4) is 0 Å². The number of aliphatic hydroxyl groups is 1. The van der Waals surface area contributed by atoms with Gasteiger partial charge in [-0.3, -0.25) is 0 Å². The van der Waals surface area contributed by atoms with Crippen LogP contribution in [0.2, 0.25) is 0 Å². The van der Waals surface area contributed by atoms with Crippen molar-refractivity contribution in [2.45, 2.75) is 25.8 Å². The Morgan fingerprint density at radius 2 is 2.44 bits per heavy atom. The molecule has 0 saturated carbocycles. The van der Waals surface area contributed by atoms with Crippen molar-refractivity contribution in [1.82, 2.24) is 10.2 Å². The Balaban J connectivity index is 2.05. The first kappa shape index (κ1) is 11.3. The molecule has 1 saturated heterocycles. The minimum Gasteiger partial charge on any atom is -0.406 e. The Hall–Kier alpha value is -1.14. The third-order valence-electron chi connectivity index (χ3n) is 2.87. The van der Waals surface area contributed by atoms with Gasteiger partial charge in [-0.05, 0) is 25.7 Å². The van der Waals surface area contributed by atoms with Crippen LogP contribution >= 0.6 is 0 Å². The smallest absolute Gasteiger partial charge is 0.318 e. The Labute approximate surface area is 94.4 Å². The lowest BCUT2D eigenvalue weighted by Crippen LogP contribution is -2.37. The summed E-state index contributed by atoms with van der Waals surface area (Å²) in [5.41, 5.74) is 5.66. The number of aromatic nitrogens is 2. The van der Waals surface area contributed by atoms with Crippen molar-refractivity contribution in [3.05, 3.63) is 5.89 Å². The van der Waals surface area contributed by atoms with E-state index in [0.717, 1.165) is 25.9 Å². The molecule has 1 aliphatic rings. The van der Waals surface area contributed by atoms with E-state index >= 15 is 0 Å². The van der Waals surface area contributed by atoms with Gasteiger partial charge in [0, 0.05) is 19.7 Å². The fraction of sp³-hybridized carbons (Fsp3) is 0.800. The Bertz CT molecular complexity index is 339. The van der Waals surface area contributed by atoms with Crippen LogP contribution in [-0.2, 0) is 0 Å². The van der Waals surface area contributed by atoms with Crippen LogP contribution < -0.4 is 10.6 Å². The molecular weight excluding hydrogens is 208 g/mol. The molecule has 0 radical (unpaired) electrons. The number of piperidine rings is 1. The molecule has 2 heterocycles. The van der Waals surface area contributed by atoms with Crippen molar-refractivity contribution >= 4 is 6.01 Å². The molecule has 2 atom stereocenters. The number of rotatable bonds is 3. The van der Waals surface area contributed by atoms with Gasteiger partial charge >= 0.3 is 6.01 Å². The second-order valence-corrected chi connectivity index (χ2v) is 4.35. The fourth-order valence-electron chi connectivity index (χ4n) is 1.93. The molecule has 0 aliphatic carbocycles. The maximum atomic E-state index is 9.14. The highest BCUT2D eigenvalue weighted by atomic mass is 16.4. The molecule has 0 bridgehead atoms. The topological polar surface area (TPSA) is 88.4 Å². The van der Waals surface area contributed by atoms with E-state index in [1.807, 2.05) is 11.8 Å². The molecule has 90 valence electrons. The number of nitrogens with two attached hydrogens (primary N) is 1. The lowest BCUT2D eigenvalue weighted by atomic mass is 10.00. The van der Waals surface area contributed by atoms with Gasteiger partial charge in [-0.25, -0.2) is 0 Å². The average Bonchev–Trinajstić information content (AvgIpc) is 2.78. The third-order valence-corrected chi connectivity index (χ3v) is 2.87. The molecule has 1 aromatic rings. The van der Waals surface area contributed by atoms with Crippen molar-refractivity contribution in [1.29, 1.82) is 0 Å². The Kier molecular flexibility index (Phi) is 3.40. The van der Waals surface area contributed by atoms with Crippen LogP contribution in [0.5, 0.6) is 0 Å². The average molecular weight is 226 g/mol. The monoisotopic (exact) mass is 226 g/mol. The summed E-state index contributed by atoms with van der Waals surface area (Å²) in [5, 5.41) is 17.0. The van der Waals surface area contributed by atoms with E-state index in [-0.39, 0.29) is 12.6 Å². The summed E-state index contributed by atoms with van der Waals surface area (Å²) in [6.45, 7) is 3.70. The molecule has 1 aromatic heterocycles. The molecule has 2 unspecified atom stereocenters. The summed E-state index contributed by atoms with van der Waals surface area (Å²) in [6.07, 6.45) is 2.10. The molecule has 16 heavy (non-hydrogen) atoms. The largest absolute Gasteiger partial charge is 0.406 e. The van der Waals surface area contributed by atoms with Gasteiger partial charge in [-0.15, -0.1) is 5.10 Å². The normalized spacial score (nSPS) is 23.4. The molecule has 6 heteroatoms. The van der Waals surface area contributed by atoms with E-state index in [4.69, 9.17) is 15.3 Å². The van der Waals surface area contributed by atoms with E-state index < -0.39 is 0 Å². The summed E-state index contributed by atoms with van der Waals surface area (Å²) in [7, 11) is 0. The first-order chi connectivity index (χ1) is 7.70. The highest BCUT2D eigenvalue weighted by molar-refractivity contribution is 5.25. The molecule has 0 spiro atoms. The zero-order chi connectivity index (χ0) is 11.5. The quantitative estimate of drug-likeness (QED) is 0.770. The van der Waals surface area contributed by atoms with Crippen LogP contribution in [0.15, 0.2) is 4.42 Å². The predicted molar refractivity (Wildman–Crippen MR) is 58.9 cm³/mol. The van der Waals surface area contributed by atoms with Crippen LogP contribution in [0.4, 0.5) is 6.01 Å². The van der Waals surface area contributed by atoms with E-state index in [9.17, 15) is 0 Å². The number of hydrogen-bond donors (Lipinski definition) is 2. The van der Waals surface area contributed by atoms with Gasteiger partial charge in [0.15, 0.2) is 0 Å². The van der Waals surface area contributed by atoms with Crippen LogP contribution in [0.25, 0.3) is 0 Å². The third kappa shape index (κ3) is 2.33. The summed E-state index contributed by atoms with van der Waals surface area (Å²) >= 11 is 0. The van der Waals surface area contributed by atoms with Crippen molar-refractivity contribution in [2.75, 3.05) is 24.6 Å². The highest BCUT2D eigenvalue weighted by Gasteiger charge is 2.23. The van der Waals surface area contributed by atoms with Gasteiger partial charge in [0.1, 0.15) is 0 Å². The lowest BCUT2D eigenvalue weighted by Gasteiger charge is -2.30. The molecule has 3 N–H and O–H groups in total. The zero-order valence-corrected chi connectivity index (χ0v) is 9.46. The first-order valence-corrected chi connectivity index (χ1v) is 5.65. The van der Waals surface area contributed by atoms with Crippen molar-refractivity contribution in [3.63, 3.8) is 0 Å². The molecule has 0 amide bonds. The van der Waals surface area contributed by atoms with Crippen LogP contribution in [0, 0.1) is 5.92 Å². The molecule has 0 aromatic carbocycles. The molecule has 6 nitrogen and oxygen atoms in total. The molecule has 1 fully saturated rings. The predicted octanol–water partition coefficient (Wildman–Crippen LogP) is 0.298. The van der Waals surface area contributed by atoms with Crippen molar-refractivity contribution < 1.29 is 9.52 Å². The van der Waals surface area contributed by atoms with E-state index in [0.29, 0.717) is 17.8 Å². The summed E-state index contributed by atoms with van der Waals surface area (Å²) < 4.78 is 5.47. The Morgan fingerprint density at radius 3 is 3.06 bits per heavy atom. The van der Waals surface area contributed by atoms with E-state index in [2.05, 4.69) is 10.2 Å². The van der Waals surface area contributed by atoms with Gasteiger partial charge < -0.3 is 20.2 Å². The minimum atomic E-state index is -0.236. The first-order valence-electron chi connectivity index (χ1n) is 5.65. The SMILES string of the molecule is CC(N)c1nnc(N2CCCC(CO)C2)o1. The zero-order valence-electron chi connectivity index (χ0n) is 9.46. The molecule has 1 aliphatic heterocycles. The minimum absolute atomic E-state index is 0.213. The van der Waals surface area contributed by atoms with Crippen molar-refractivity contribution in [3.8, 4) is 0 Å². The van der Waals surface area contributed by atoms with Gasteiger partial charge in [-0.2, -0.15) is 0 Å². The number of nitrogens with zero attached hydrogens (tertiary/aromatic N) is 3. The van der Waals surface area contributed by atoms with Crippen LogP contribution in [0.1, 0.15) is 31.7 Å². The Morgan fingerprint density at radius 1 is 1.62 bits per heavy atom. The molecule has 2 rings (SSSR count). The lowest BCUT2D eigenvalue weighted by molar-refractivity contribution is 0.206. The second-order valence-electron chi connectivity index (χ2n) is 4.35. The fourth-order valence-corrected chi connectivity index (χ4v) is 1.93. The summed E-state index contributed by atoms with van der Waals surface area (Å²) in [6, 6.07) is 0.283. The number of hydrogen-bond acceptors (Lipinski definition) is 6. The van der Waals surface area contributed by atoms with Crippen LogP contribution in [-0.4, -0.2) is 35.0 Å². The molecular formula is C10H18N4O2. The summed E-state index contributed by atoms with van der Waals surface area (Å²) in [5.74, 6) is 0.764. The van der Waals surface area contributed by atoms with E-state index in [1.165, 1.54) is 0 Å². The van der Waals surface area contributed by atoms with E-state index in [1.54, 1.807) is 0 Å². The highest BCUT2D eigenvalue weighted by Crippen LogP contribution is 2.22. The maximum absolute atomic E-state index is 9.14. The van der Waals surface area contributed by atoms with Gasteiger partial charge in [0.05, 0.1) is 6.04 Å². The number of anilines is 1. The standard InChI is InChI=1S/C10H18N4O2/c1-7(11)9-12-13-10(16-9)14-4-2-3-8(5-14)6-15/h7-8,15H,2-6,11H2,1H3. The van der Waals surface area contributed by atoms with Crippen molar-refractivity contribution in [2.24, 2.45) is 11.7 Å². The van der Waals surface area contributed by atoms with Gasteiger partial charge in [0.25, 0.3) is 0 Å². The second kappa shape index (κ2) is 4.80. The van der Waals surface area contributed by atoms with Gasteiger partial charge in [0.2, 0.25) is 5.89 Å². The summed E-state index contributed by atoms with van der Waals surface area (Å²) in [4.78, 5) is 2.02. The van der Waals surface area contributed by atoms with Gasteiger partial charge in [-0.1, -0.05) is 5.10 Å². The maximum Gasteiger partial charge on any atom is 0.318 e. The number of aliphatic hydroxyl groups excluding tert-OH is 1.